The zero-order valence-corrected chi connectivity index (χ0v) is 22.3. The molecule has 0 spiro atoms. The Morgan fingerprint density at radius 2 is 2.00 bits per heavy atom. The Morgan fingerprint density at radius 3 is 2.56 bits per heavy atom. The molecular weight excluding hydrogens is 549 g/mol. The standard InChI is InChI=1S/C22H24F5N5O4S.C2H6/c1-10-3-2-4-32(10)21(35)16-17(37-20(31-16)19(34)30-13-7-36-8-14(13)33)12-6-28-15(5-11(12)18(23)24)29-9-22(25,26)27;1-2/h5-6,10,13-14,18,33H,2-4,7-9H2,1H3,(H,28,29)(H,30,34);1-2H3. The normalized spacial score (nSPS) is 21.1. The lowest BCUT2D eigenvalue weighted by Gasteiger charge is -2.21. The lowest BCUT2D eigenvalue weighted by Crippen LogP contribution is -2.42. The number of aliphatic hydroxyl groups is 1. The first-order valence-corrected chi connectivity index (χ1v) is 13.2. The fourth-order valence-electron chi connectivity index (χ4n) is 4.16. The highest BCUT2D eigenvalue weighted by molar-refractivity contribution is 7.17. The zero-order chi connectivity index (χ0) is 28.9. The molecule has 2 amide bonds. The molecule has 2 saturated heterocycles. The summed E-state index contributed by atoms with van der Waals surface area (Å²) in [6, 6.07) is -0.0638. The Morgan fingerprint density at radius 1 is 1.28 bits per heavy atom. The summed E-state index contributed by atoms with van der Waals surface area (Å²) in [5, 5.41) is 14.2. The van der Waals surface area contributed by atoms with E-state index in [1.807, 2.05) is 26.1 Å². The van der Waals surface area contributed by atoms with E-state index >= 15 is 0 Å². The third-order valence-corrected chi connectivity index (χ3v) is 7.18. The molecule has 2 aromatic rings. The van der Waals surface area contributed by atoms with Crippen LogP contribution in [0.3, 0.4) is 0 Å². The number of anilines is 1. The second-order valence-electron chi connectivity index (χ2n) is 8.80. The number of ether oxygens (including phenoxy) is 1. The van der Waals surface area contributed by atoms with Gasteiger partial charge in [0.1, 0.15) is 18.1 Å². The van der Waals surface area contributed by atoms with Crippen molar-refractivity contribution in [3.63, 3.8) is 0 Å². The largest absolute Gasteiger partial charge is 0.405 e. The fourth-order valence-corrected chi connectivity index (χ4v) is 5.15. The van der Waals surface area contributed by atoms with E-state index in [-0.39, 0.29) is 40.4 Å². The Bertz CT molecular complexity index is 1160. The van der Waals surface area contributed by atoms with Gasteiger partial charge in [-0.3, -0.25) is 9.59 Å². The van der Waals surface area contributed by atoms with E-state index in [0.717, 1.165) is 25.1 Å². The van der Waals surface area contributed by atoms with E-state index in [0.29, 0.717) is 17.9 Å². The zero-order valence-electron chi connectivity index (χ0n) is 21.5. The van der Waals surface area contributed by atoms with E-state index < -0.39 is 54.5 Å². The molecule has 0 saturated carbocycles. The molecular formula is C24H30F5N5O4S. The number of likely N-dealkylation sites (tertiary alicyclic amines) is 1. The summed E-state index contributed by atoms with van der Waals surface area (Å²) in [5.74, 6) is -1.71. The Hall–Kier alpha value is -2.91. The molecule has 39 heavy (non-hydrogen) atoms. The maximum Gasteiger partial charge on any atom is 0.405 e. The van der Waals surface area contributed by atoms with Gasteiger partial charge in [0.05, 0.1) is 30.2 Å². The molecule has 0 radical (unpaired) electrons. The van der Waals surface area contributed by atoms with Gasteiger partial charge in [-0.15, -0.1) is 11.3 Å². The monoisotopic (exact) mass is 579 g/mol. The van der Waals surface area contributed by atoms with E-state index in [1.54, 1.807) is 0 Å². The van der Waals surface area contributed by atoms with Crippen LogP contribution in [0.1, 0.15) is 65.9 Å². The number of hydrogen-bond donors (Lipinski definition) is 3. The number of alkyl halides is 5. The lowest BCUT2D eigenvalue weighted by molar-refractivity contribution is -0.115. The summed E-state index contributed by atoms with van der Waals surface area (Å²) in [6.45, 7) is 4.88. The van der Waals surface area contributed by atoms with Crippen LogP contribution in [-0.4, -0.2) is 82.5 Å². The van der Waals surface area contributed by atoms with Crippen molar-refractivity contribution in [2.45, 2.75) is 64.4 Å². The smallest absolute Gasteiger partial charge is 0.388 e. The molecule has 3 unspecified atom stereocenters. The molecule has 4 heterocycles. The van der Waals surface area contributed by atoms with Crippen LogP contribution in [0.25, 0.3) is 10.4 Å². The average molecular weight is 580 g/mol. The molecule has 3 atom stereocenters. The highest BCUT2D eigenvalue weighted by Crippen LogP contribution is 2.39. The number of hydrogen-bond acceptors (Lipinski definition) is 8. The summed E-state index contributed by atoms with van der Waals surface area (Å²) in [7, 11) is 0. The van der Waals surface area contributed by atoms with Crippen LogP contribution in [-0.2, 0) is 4.74 Å². The van der Waals surface area contributed by atoms with E-state index in [1.165, 1.54) is 4.90 Å². The molecule has 0 aromatic carbocycles. The minimum Gasteiger partial charge on any atom is -0.388 e. The van der Waals surface area contributed by atoms with Crippen LogP contribution in [0.5, 0.6) is 0 Å². The topological polar surface area (TPSA) is 117 Å². The molecule has 9 nitrogen and oxygen atoms in total. The minimum atomic E-state index is -4.59. The number of carbonyl (C=O) groups is 2. The van der Waals surface area contributed by atoms with Gasteiger partial charge in [0.15, 0.2) is 5.01 Å². The second kappa shape index (κ2) is 13.0. The molecule has 2 aliphatic heterocycles. The van der Waals surface area contributed by atoms with Crippen molar-refractivity contribution in [1.82, 2.24) is 20.2 Å². The SMILES string of the molecule is CC.CC1CCCN1C(=O)c1nc(C(=O)NC2COCC2O)sc1-c1cnc(NCC(F)(F)F)cc1C(F)F. The van der Waals surface area contributed by atoms with Crippen molar-refractivity contribution in [2.24, 2.45) is 0 Å². The molecule has 2 aliphatic rings. The van der Waals surface area contributed by atoms with Crippen LogP contribution in [0, 0.1) is 0 Å². The van der Waals surface area contributed by atoms with Gasteiger partial charge >= 0.3 is 6.18 Å². The molecule has 15 heteroatoms. The summed E-state index contributed by atoms with van der Waals surface area (Å²) in [4.78, 5) is 35.7. The van der Waals surface area contributed by atoms with Crippen molar-refractivity contribution >= 4 is 29.0 Å². The Labute approximate surface area is 225 Å². The highest BCUT2D eigenvalue weighted by Gasteiger charge is 2.34. The lowest BCUT2D eigenvalue weighted by atomic mass is 10.1. The van der Waals surface area contributed by atoms with Crippen LogP contribution >= 0.6 is 11.3 Å². The van der Waals surface area contributed by atoms with Crippen molar-refractivity contribution in [1.29, 1.82) is 0 Å². The van der Waals surface area contributed by atoms with Gasteiger partial charge < -0.3 is 25.4 Å². The van der Waals surface area contributed by atoms with Gasteiger partial charge in [-0.25, -0.2) is 18.7 Å². The molecule has 0 bridgehead atoms. The number of nitrogens with zero attached hydrogens (tertiary/aromatic N) is 3. The number of thiazole rings is 1. The first kappa shape index (κ1) is 30.6. The van der Waals surface area contributed by atoms with E-state index in [2.05, 4.69) is 15.3 Å². The number of amides is 2. The number of aromatic nitrogens is 2. The van der Waals surface area contributed by atoms with Gasteiger partial charge in [-0.1, -0.05) is 13.8 Å². The van der Waals surface area contributed by atoms with E-state index in [4.69, 9.17) is 4.74 Å². The van der Waals surface area contributed by atoms with Crippen molar-refractivity contribution in [3.8, 4) is 10.4 Å². The first-order chi connectivity index (χ1) is 18.4. The van der Waals surface area contributed by atoms with Crippen LogP contribution in [0.4, 0.5) is 27.8 Å². The number of halogens is 5. The fraction of sp³-hybridized carbons (Fsp3) is 0.583. The van der Waals surface area contributed by atoms with Gasteiger partial charge in [0.2, 0.25) is 0 Å². The van der Waals surface area contributed by atoms with Crippen molar-refractivity contribution < 1.29 is 41.4 Å². The molecule has 2 fully saturated rings. The van der Waals surface area contributed by atoms with Gasteiger partial charge in [0.25, 0.3) is 18.2 Å². The summed E-state index contributed by atoms with van der Waals surface area (Å²) in [6.07, 6.45) is -6.24. The number of rotatable bonds is 7. The van der Waals surface area contributed by atoms with Crippen molar-refractivity contribution in [2.75, 3.05) is 31.6 Å². The van der Waals surface area contributed by atoms with Gasteiger partial charge in [-0.2, -0.15) is 13.2 Å². The molecule has 2 aromatic heterocycles. The van der Waals surface area contributed by atoms with Gasteiger partial charge in [0, 0.05) is 29.9 Å². The first-order valence-electron chi connectivity index (χ1n) is 12.4. The third-order valence-electron chi connectivity index (χ3n) is 6.09. The number of carbonyl (C=O) groups excluding carboxylic acids is 2. The highest BCUT2D eigenvalue weighted by atomic mass is 32.1. The molecule has 0 aliphatic carbocycles. The number of pyridine rings is 1. The summed E-state index contributed by atoms with van der Waals surface area (Å²) < 4.78 is 70.9. The van der Waals surface area contributed by atoms with Crippen molar-refractivity contribution in [3.05, 3.63) is 28.5 Å². The molecule has 3 N–H and O–H groups in total. The molecule has 216 valence electrons. The number of nitrogens with one attached hydrogen (secondary N) is 2. The minimum absolute atomic E-state index is 0.0305. The Kier molecular flexibility index (Phi) is 10.2. The van der Waals surface area contributed by atoms with Crippen LogP contribution in [0.15, 0.2) is 12.3 Å². The van der Waals surface area contributed by atoms with E-state index in [9.17, 15) is 36.6 Å². The maximum absolute atomic E-state index is 14.0. The van der Waals surface area contributed by atoms with Crippen LogP contribution < -0.4 is 10.6 Å². The third kappa shape index (κ3) is 7.39. The quantitative estimate of drug-likeness (QED) is 0.420. The summed E-state index contributed by atoms with van der Waals surface area (Å²) in [5.41, 5.74) is -1.12. The Balaban J connectivity index is 0.00000205. The molecule has 4 rings (SSSR count). The predicted molar refractivity (Wildman–Crippen MR) is 134 cm³/mol. The second-order valence-corrected chi connectivity index (χ2v) is 9.80. The maximum atomic E-state index is 14.0. The summed E-state index contributed by atoms with van der Waals surface area (Å²) >= 11 is 0.682. The van der Waals surface area contributed by atoms with Crippen LogP contribution in [0.2, 0.25) is 0 Å². The van der Waals surface area contributed by atoms with Gasteiger partial charge in [-0.05, 0) is 25.8 Å². The number of aliphatic hydroxyl groups excluding tert-OH is 1. The predicted octanol–water partition coefficient (Wildman–Crippen LogP) is 4.26. The average Bonchev–Trinajstić information content (AvgIpc) is 3.63.